The second kappa shape index (κ2) is 6.13. The molecule has 1 N–H and O–H groups in total. The molecule has 0 unspecified atom stereocenters. The fourth-order valence-electron chi connectivity index (χ4n) is 4.25. The number of amides is 1. The molecule has 0 spiro atoms. The normalized spacial score (nSPS) is 22.7. The van der Waals surface area contributed by atoms with E-state index in [1.807, 2.05) is 20.2 Å². The number of hydrogen-bond donors (Lipinski definition) is 1. The van der Waals surface area contributed by atoms with Crippen LogP contribution in [0.4, 0.5) is 11.4 Å². The maximum atomic E-state index is 12.4. The van der Waals surface area contributed by atoms with Crippen LogP contribution in [0, 0.1) is 0 Å². The number of halogens is 1. The van der Waals surface area contributed by atoms with Crippen LogP contribution in [0.2, 0.25) is 0 Å². The number of carbonyl (C=O) groups excluding carboxylic acids is 1. The number of rotatable bonds is 3. The second-order valence-electron chi connectivity index (χ2n) is 8.01. The molecule has 2 aromatic rings. The molecule has 27 heavy (non-hydrogen) atoms. The quantitative estimate of drug-likeness (QED) is 0.801. The van der Waals surface area contributed by atoms with Crippen molar-refractivity contribution in [3.63, 3.8) is 0 Å². The second-order valence-corrected chi connectivity index (χ2v) is 8.92. The molecule has 1 fully saturated rings. The maximum Gasteiger partial charge on any atom is 0.241 e. The topological polar surface area (TPSA) is 35.6 Å². The van der Waals surface area contributed by atoms with Gasteiger partial charge < -0.3 is 15.1 Å². The van der Waals surface area contributed by atoms with Crippen LogP contribution in [0.25, 0.3) is 6.08 Å². The first kappa shape index (κ1) is 18.1. The van der Waals surface area contributed by atoms with Crippen molar-refractivity contribution in [1.82, 2.24) is 5.32 Å². The van der Waals surface area contributed by atoms with Gasteiger partial charge in [-0.2, -0.15) is 0 Å². The van der Waals surface area contributed by atoms with E-state index >= 15 is 0 Å². The first-order valence-corrected chi connectivity index (χ1v) is 9.89. The van der Waals surface area contributed by atoms with Crippen LogP contribution in [0.15, 0.2) is 53.0 Å². The van der Waals surface area contributed by atoms with Crippen LogP contribution in [-0.2, 0) is 10.2 Å². The molecule has 1 amide bonds. The van der Waals surface area contributed by atoms with Gasteiger partial charge in [0.2, 0.25) is 5.91 Å². The van der Waals surface area contributed by atoms with Gasteiger partial charge in [-0.05, 0) is 47.5 Å². The molecule has 140 valence electrons. The third-order valence-electron chi connectivity index (χ3n) is 5.86. The molecule has 0 saturated carbocycles. The molecule has 0 bridgehead atoms. The minimum atomic E-state index is -0.562. The third kappa shape index (κ3) is 2.67. The molecule has 2 aromatic carbocycles. The predicted octanol–water partition coefficient (Wildman–Crippen LogP) is 4.15. The molecule has 1 atom stereocenters. The molecular weight excluding hydrogens is 402 g/mol. The lowest BCUT2D eigenvalue weighted by Crippen LogP contribution is -2.58. The van der Waals surface area contributed by atoms with E-state index in [0.717, 1.165) is 15.7 Å². The molecular formula is C22H24BrN3O. The SMILES string of the molecule is CN(C)c1ccc(/C=C/[C@@]23NC(=O)CN2c2ccc(Br)cc2C3(C)C)cc1. The van der Waals surface area contributed by atoms with Gasteiger partial charge in [-0.3, -0.25) is 4.79 Å². The Morgan fingerprint density at radius 3 is 2.52 bits per heavy atom. The smallest absolute Gasteiger partial charge is 0.241 e. The summed E-state index contributed by atoms with van der Waals surface area (Å²) in [5.41, 5.74) is 3.81. The van der Waals surface area contributed by atoms with E-state index in [1.54, 1.807) is 0 Å². The lowest BCUT2D eigenvalue weighted by molar-refractivity contribution is -0.118. The zero-order chi connectivity index (χ0) is 19.4. The number of anilines is 2. The lowest BCUT2D eigenvalue weighted by Gasteiger charge is -2.40. The highest BCUT2D eigenvalue weighted by Crippen LogP contribution is 2.53. The van der Waals surface area contributed by atoms with Crippen molar-refractivity contribution in [2.24, 2.45) is 0 Å². The number of hydrogen-bond acceptors (Lipinski definition) is 3. The largest absolute Gasteiger partial charge is 0.378 e. The Morgan fingerprint density at radius 1 is 1.15 bits per heavy atom. The summed E-state index contributed by atoms with van der Waals surface area (Å²) in [5, 5.41) is 3.26. The van der Waals surface area contributed by atoms with Crippen molar-refractivity contribution >= 4 is 39.3 Å². The van der Waals surface area contributed by atoms with E-state index in [1.165, 1.54) is 11.3 Å². The fraction of sp³-hybridized carbons (Fsp3) is 0.318. The molecule has 0 radical (unpaired) electrons. The summed E-state index contributed by atoms with van der Waals surface area (Å²) in [4.78, 5) is 16.6. The Bertz CT molecular complexity index is 933. The van der Waals surface area contributed by atoms with Crippen molar-refractivity contribution in [2.75, 3.05) is 30.4 Å². The first-order valence-electron chi connectivity index (χ1n) is 9.10. The van der Waals surface area contributed by atoms with Crippen molar-refractivity contribution < 1.29 is 4.79 Å². The molecule has 2 aliphatic heterocycles. The molecule has 5 heteroatoms. The molecule has 2 aliphatic rings. The van der Waals surface area contributed by atoms with Gasteiger partial charge in [-0.1, -0.05) is 48.0 Å². The van der Waals surface area contributed by atoms with Gasteiger partial charge in [0, 0.05) is 35.4 Å². The molecule has 2 heterocycles. The minimum Gasteiger partial charge on any atom is -0.378 e. The molecule has 4 rings (SSSR count). The van der Waals surface area contributed by atoms with Gasteiger partial charge in [0.05, 0.1) is 6.54 Å². The van der Waals surface area contributed by atoms with Crippen LogP contribution in [0.3, 0.4) is 0 Å². The summed E-state index contributed by atoms with van der Waals surface area (Å²) in [5.74, 6) is 0.0595. The van der Waals surface area contributed by atoms with E-state index in [9.17, 15) is 4.79 Å². The highest BCUT2D eigenvalue weighted by molar-refractivity contribution is 9.10. The van der Waals surface area contributed by atoms with Gasteiger partial charge in [-0.25, -0.2) is 0 Å². The summed E-state index contributed by atoms with van der Waals surface area (Å²) in [6, 6.07) is 14.7. The zero-order valence-corrected chi connectivity index (χ0v) is 17.7. The Morgan fingerprint density at radius 2 is 1.85 bits per heavy atom. The Hall–Kier alpha value is -2.27. The Kier molecular flexibility index (Phi) is 4.11. The summed E-state index contributed by atoms with van der Waals surface area (Å²) >= 11 is 3.59. The van der Waals surface area contributed by atoms with Crippen LogP contribution in [0.1, 0.15) is 25.0 Å². The van der Waals surface area contributed by atoms with Crippen LogP contribution < -0.4 is 15.1 Å². The average Bonchev–Trinajstić information content (AvgIpc) is 3.05. The summed E-state index contributed by atoms with van der Waals surface area (Å²) in [6.07, 6.45) is 4.26. The minimum absolute atomic E-state index is 0.0595. The van der Waals surface area contributed by atoms with Crippen LogP contribution in [-0.4, -0.2) is 32.2 Å². The Labute approximate surface area is 169 Å². The lowest BCUT2D eigenvalue weighted by atomic mass is 9.75. The Balaban J connectivity index is 1.76. The third-order valence-corrected chi connectivity index (χ3v) is 6.35. The van der Waals surface area contributed by atoms with E-state index in [-0.39, 0.29) is 11.3 Å². The number of fused-ring (bicyclic) bond motifs is 3. The number of benzene rings is 2. The van der Waals surface area contributed by atoms with E-state index < -0.39 is 5.66 Å². The van der Waals surface area contributed by atoms with Crippen molar-refractivity contribution in [2.45, 2.75) is 24.9 Å². The summed E-state index contributed by atoms with van der Waals surface area (Å²) in [7, 11) is 4.07. The van der Waals surface area contributed by atoms with Gasteiger partial charge in [-0.15, -0.1) is 0 Å². The van der Waals surface area contributed by atoms with E-state index in [4.69, 9.17) is 0 Å². The average molecular weight is 426 g/mol. The fourth-order valence-corrected chi connectivity index (χ4v) is 4.61. The maximum absolute atomic E-state index is 12.4. The number of nitrogens with one attached hydrogen (secondary N) is 1. The molecule has 1 saturated heterocycles. The van der Waals surface area contributed by atoms with Gasteiger partial charge in [0.25, 0.3) is 0 Å². The van der Waals surface area contributed by atoms with Crippen LogP contribution in [0.5, 0.6) is 0 Å². The highest BCUT2D eigenvalue weighted by Gasteiger charge is 2.59. The monoisotopic (exact) mass is 425 g/mol. The van der Waals surface area contributed by atoms with Crippen LogP contribution >= 0.6 is 15.9 Å². The summed E-state index contributed by atoms with van der Waals surface area (Å²) < 4.78 is 1.06. The first-order chi connectivity index (χ1) is 12.7. The van der Waals surface area contributed by atoms with Gasteiger partial charge in [0.1, 0.15) is 5.66 Å². The molecule has 0 aliphatic carbocycles. The highest BCUT2D eigenvalue weighted by atomic mass is 79.9. The van der Waals surface area contributed by atoms with Gasteiger partial charge in [0.15, 0.2) is 0 Å². The van der Waals surface area contributed by atoms with E-state index in [2.05, 4.69) is 93.4 Å². The number of carbonyl (C=O) groups is 1. The summed E-state index contributed by atoms with van der Waals surface area (Å²) in [6.45, 7) is 4.77. The molecule has 4 nitrogen and oxygen atoms in total. The predicted molar refractivity (Wildman–Crippen MR) is 115 cm³/mol. The number of nitrogens with zero attached hydrogens (tertiary/aromatic N) is 2. The van der Waals surface area contributed by atoms with Crippen molar-refractivity contribution in [3.8, 4) is 0 Å². The molecule has 0 aromatic heterocycles. The van der Waals surface area contributed by atoms with Crippen molar-refractivity contribution in [1.29, 1.82) is 0 Å². The zero-order valence-electron chi connectivity index (χ0n) is 16.1. The van der Waals surface area contributed by atoms with Gasteiger partial charge >= 0.3 is 0 Å². The van der Waals surface area contributed by atoms with Crippen molar-refractivity contribution in [3.05, 3.63) is 64.1 Å². The van der Waals surface area contributed by atoms with E-state index in [0.29, 0.717) is 6.54 Å². The standard InChI is InChI=1S/C22H24BrN3O/c1-21(2)18-13-16(23)7-10-19(18)26-14-20(27)24-22(21,26)12-11-15-5-8-17(9-6-15)25(3)4/h5-13H,14H2,1-4H3,(H,24,27)/b12-11+/t22-/m1/s1.